The van der Waals surface area contributed by atoms with Gasteiger partial charge < -0.3 is 5.11 Å². The van der Waals surface area contributed by atoms with E-state index in [4.69, 9.17) is 11.6 Å². The van der Waals surface area contributed by atoms with Crippen LogP contribution >= 0.6 is 11.6 Å². The van der Waals surface area contributed by atoms with E-state index in [0.29, 0.717) is 12.8 Å². The molecule has 6 nitrogen and oxygen atoms in total. The Morgan fingerprint density at radius 3 is 2.90 bits per heavy atom. The summed E-state index contributed by atoms with van der Waals surface area (Å²) in [6.07, 6.45) is 1.14. The van der Waals surface area contributed by atoms with Crippen LogP contribution in [-0.4, -0.2) is 31.3 Å². The molecular weight excluding hydrogens is 287 g/mol. The van der Waals surface area contributed by atoms with Crippen molar-refractivity contribution in [2.75, 3.05) is 0 Å². The molecule has 2 aromatic rings. The summed E-state index contributed by atoms with van der Waals surface area (Å²) in [5, 5.41) is 20.2. The molecule has 0 saturated heterocycles. The van der Waals surface area contributed by atoms with Crippen LogP contribution in [0.2, 0.25) is 5.02 Å². The van der Waals surface area contributed by atoms with E-state index in [9.17, 15) is 14.3 Å². The largest absolute Gasteiger partial charge is 0.481 e. The molecule has 1 heterocycles. The third-order valence-electron chi connectivity index (χ3n) is 3.48. The quantitative estimate of drug-likeness (QED) is 0.933. The van der Waals surface area contributed by atoms with Gasteiger partial charge in [-0.1, -0.05) is 17.7 Å². The Morgan fingerprint density at radius 1 is 1.50 bits per heavy atom. The summed E-state index contributed by atoms with van der Waals surface area (Å²) in [7, 11) is 0. The molecule has 1 aliphatic rings. The number of nitrogens with zero attached hydrogens (tertiary/aromatic N) is 4. The highest BCUT2D eigenvalue weighted by molar-refractivity contribution is 6.31. The number of carboxylic acids is 1. The Hall–Kier alpha value is -2.02. The van der Waals surface area contributed by atoms with Crippen molar-refractivity contribution in [3.8, 4) is 11.4 Å². The average Bonchev–Trinajstić information content (AvgIpc) is 3.06. The number of carboxylic acid groups (broad SMARTS) is 1. The predicted molar refractivity (Wildman–Crippen MR) is 67.5 cm³/mol. The molecule has 0 unspecified atom stereocenters. The minimum Gasteiger partial charge on any atom is -0.481 e. The van der Waals surface area contributed by atoms with Gasteiger partial charge in [-0.2, -0.15) is 0 Å². The molecule has 0 bridgehead atoms. The molecule has 1 aromatic carbocycles. The molecule has 0 radical (unpaired) electrons. The number of hydrogen-bond acceptors (Lipinski definition) is 4. The van der Waals surface area contributed by atoms with Crippen LogP contribution in [-0.2, 0) is 11.3 Å². The highest BCUT2D eigenvalue weighted by atomic mass is 35.5. The van der Waals surface area contributed by atoms with Crippen LogP contribution in [0.4, 0.5) is 4.39 Å². The topological polar surface area (TPSA) is 80.9 Å². The highest BCUT2D eigenvalue weighted by Crippen LogP contribution is 2.47. The molecule has 3 rings (SSSR count). The normalized spacial score (nSPS) is 16.1. The van der Waals surface area contributed by atoms with Crippen LogP contribution in [0.25, 0.3) is 11.4 Å². The van der Waals surface area contributed by atoms with E-state index < -0.39 is 17.2 Å². The minimum atomic E-state index is -0.884. The summed E-state index contributed by atoms with van der Waals surface area (Å²) in [5.74, 6) is -1.33. The number of hydrogen-bond donors (Lipinski definition) is 1. The van der Waals surface area contributed by atoms with Gasteiger partial charge in [0.15, 0.2) is 11.6 Å². The highest BCUT2D eigenvalue weighted by Gasteiger charge is 2.51. The molecule has 1 aliphatic carbocycles. The Bertz CT molecular complexity index is 684. The maximum atomic E-state index is 14.0. The Labute approximate surface area is 118 Å². The van der Waals surface area contributed by atoms with Crippen LogP contribution in [0, 0.1) is 11.2 Å². The van der Waals surface area contributed by atoms with Crippen molar-refractivity contribution in [1.82, 2.24) is 20.2 Å². The molecule has 20 heavy (non-hydrogen) atoms. The van der Waals surface area contributed by atoms with Crippen molar-refractivity contribution < 1.29 is 14.3 Å². The smallest absolute Gasteiger partial charge is 0.311 e. The van der Waals surface area contributed by atoms with Gasteiger partial charge in [-0.3, -0.25) is 4.79 Å². The SMILES string of the molecule is O=C(O)C1(Cn2nnnc2-c2cccc(Cl)c2F)CC1. The molecule has 0 aliphatic heterocycles. The third-order valence-corrected chi connectivity index (χ3v) is 3.78. The Morgan fingerprint density at radius 2 is 2.25 bits per heavy atom. The van der Waals surface area contributed by atoms with E-state index in [1.54, 1.807) is 6.07 Å². The van der Waals surface area contributed by atoms with Crippen LogP contribution in [0.15, 0.2) is 18.2 Å². The molecule has 1 saturated carbocycles. The minimum absolute atomic E-state index is 0.0311. The fourth-order valence-corrected chi connectivity index (χ4v) is 2.23. The van der Waals surface area contributed by atoms with Crippen LogP contribution in [0.1, 0.15) is 12.8 Å². The van der Waals surface area contributed by atoms with Gasteiger partial charge in [-0.15, -0.1) is 5.10 Å². The Balaban J connectivity index is 1.99. The van der Waals surface area contributed by atoms with E-state index >= 15 is 0 Å². The monoisotopic (exact) mass is 296 g/mol. The predicted octanol–water partition coefficient (Wildman–Crippen LogP) is 2.00. The van der Waals surface area contributed by atoms with Gasteiger partial charge in [0.1, 0.15) is 0 Å². The first kappa shape index (κ1) is 13.0. The zero-order valence-corrected chi connectivity index (χ0v) is 11.0. The van der Waals surface area contributed by atoms with Crippen LogP contribution in [0.5, 0.6) is 0 Å². The average molecular weight is 297 g/mol. The maximum absolute atomic E-state index is 14.0. The van der Waals surface area contributed by atoms with Crippen molar-refractivity contribution in [2.45, 2.75) is 19.4 Å². The standard InChI is InChI=1S/C12H10ClFN4O2/c13-8-3-1-2-7(9(8)14)10-15-16-17-18(10)6-12(4-5-12)11(19)20/h1-3H,4-6H2,(H,19,20). The van der Waals surface area contributed by atoms with Crippen molar-refractivity contribution in [1.29, 1.82) is 0 Å². The lowest BCUT2D eigenvalue weighted by atomic mass is 10.1. The fourth-order valence-electron chi connectivity index (χ4n) is 2.06. The number of rotatable bonds is 4. The summed E-state index contributed by atoms with van der Waals surface area (Å²) in [4.78, 5) is 11.2. The van der Waals surface area contributed by atoms with Crippen molar-refractivity contribution in [3.05, 3.63) is 29.0 Å². The first-order valence-corrected chi connectivity index (χ1v) is 6.35. The third kappa shape index (κ3) is 2.03. The van der Waals surface area contributed by atoms with Gasteiger partial charge in [-0.05, 0) is 35.4 Å². The van der Waals surface area contributed by atoms with E-state index in [2.05, 4.69) is 15.5 Å². The van der Waals surface area contributed by atoms with Crippen molar-refractivity contribution >= 4 is 17.6 Å². The van der Waals surface area contributed by atoms with Crippen LogP contribution < -0.4 is 0 Å². The second-order valence-electron chi connectivity index (χ2n) is 4.85. The first-order valence-electron chi connectivity index (χ1n) is 5.97. The number of benzene rings is 1. The lowest BCUT2D eigenvalue weighted by molar-refractivity contribution is -0.144. The lowest BCUT2D eigenvalue weighted by Gasteiger charge is -2.11. The molecule has 104 valence electrons. The lowest BCUT2D eigenvalue weighted by Crippen LogP contribution is -2.22. The zero-order chi connectivity index (χ0) is 14.3. The zero-order valence-electron chi connectivity index (χ0n) is 10.3. The van der Waals surface area contributed by atoms with E-state index in [1.165, 1.54) is 16.8 Å². The van der Waals surface area contributed by atoms with Crippen LogP contribution in [0.3, 0.4) is 0 Å². The number of carbonyl (C=O) groups is 1. The molecule has 1 N–H and O–H groups in total. The molecule has 0 amide bonds. The molecule has 8 heteroatoms. The first-order chi connectivity index (χ1) is 9.53. The van der Waals surface area contributed by atoms with E-state index in [0.717, 1.165) is 0 Å². The van der Waals surface area contributed by atoms with Gasteiger partial charge in [-0.25, -0.2) is 9.07 Å². The summed E-state index contributed by atoms with van der Waals surface area (Å²) < 4.78 is 15.3. The van der Waals surface area contributed by atoms with Crippen molar-refractivity contribution in [3.63, 3.8) is 0 Å². The summed E-state index contributed by atoms with van der Waals surface area (Å²) in [6, 6.07) is 4.52. The van der Waals surface area contributed by atoms with Gasteiger partial charge in [0.25, 0.3) is 0 Å². The fraction of sp³-hybridized carbons (Fsp3) is 0.333. The number of halogens is 2. The van der Waals surface area contributed by atoms with Gasteiger partial charge in [0.05, 0.1) is 22.5 Å². The summed E-state index contributed by atoms with van der Waals surface area (Å²) >= 11 is 5.73. The molecule has 0 spiro atoms. The van der Waals surface area contributed by atoms with Gasteiger partial charge >= 0.3 is 5.97 Å². The molecule has 1 aromatic heterocycles. The van der Waals surface area contributed by atoms with Gasteiger partial charge in [0, 0.05) is 0 Å². The summed E-state index contributed by atoms with van der Waals surface area (Å²) in [6.45, 7) is 0.122. The molecule has 1 fully saturated rings. The summed E-state index contributed by atoms with van der Waals surface area (Å²) in [5.41, 5.74) is -0.678. The van der Waals surface area contributed by atoms with Crippen molar-refractivity contribution in [2.24, 2.45) is 5.41 Å². The molecular formula is C12H10ClFN4O2. The maximum Gasteiger partial charge on any atom is 0.311 e. The van der Waals surface area contributed by atoms with Gasteiger partial charge in [0.2, 0.25) is 0 Å². The second kappa shape index (κ2) is 4.52. The Kier molecular flexibility index (Phi) is 2.93. The second-order valence-corrected chi connectivity index (χ2v) is 5.25. The van der Waals surface area contributed by atoms with E-state index in [1.807, 2.05) is 0 Å². The number of aromatic nitrogens is 4. The molecule has 0 atom stereocenters. The number of tetrazole rings is 1. The number of aliphatic carboxylic acids is 1. The van der Waals surface area contributed by atoms with E-state index in [-0.39, 0.29) is 23.0 Å².